The normalized spacial score (nSPS) is 13.9. The minimum Gasteiger partial charge on any atom is -0.389 e. The Morgan fingerprint density at radius 3 is 2.00 bits per heavy atom. The highest BCUT2D eigenvalue weighted by atomic mass is 16.3. The fraction of sp³-hybridized carbons (Fsp3) is 0.857. The zero-order valence-corrected chi connectivity index (χ0v) is 6.22. The molecule has 2 nitrogen and oxygen atoms in total. The highest BCUT2D eigenvalue weighted by Gasteiger charge is 2.14. The van der Waals surface area contributed by atoms with Gasteiger partial charge in [0.1, 0.15) is 6.61 Å². The molecule has 0 amide bonds. The van der Waals surface area contributed by atoms with E-state index in [1.165, 1.54) is 0 Å². The highest BCUT2D eigenvalue weighted by Crippen LogP contribution is 2.09. The molecule has 0 aliphatic carbocycles. The van der Waals surface area contributed by atoms with Crippen LogP contribution >= 0.6 is 0 Å². The molecule has 0 radical (unpaired) electrons. The average molecular weight is 130 g/mol. The zero-order valence-electron chi connectivity index (χ0n) is 6.22. The minimum atomic E-state index is -0.320. The maximum absolute atomic E-state index is 10.7. The quantitative estimate of drug-likeness (QED) is 0.614. The van der Waals surface area contributed by atoms with Crippen LogP contribution in [-0.2, 0) is 4.79 Å². The van der Waals surface area contributed by atoms with Gasteiger partial charge in [0.25, 0.3) is 0 Å². The first-order valence-corrected chi connectivity index (χ1v) is 3.23. The number of Topliss-reactive ketones (excluding diaryl/α,β-unsaturated/α-hetero) is 1. The lowest BCUT2D eigenvalue weighted by Gasteiger charge is -2.11. The molecule has 0 fully saturated rings. The molecule has 0 aromatic heterocycles. The van der Waals surface area contributed by atoms with Crippen LogP contribution in [0.5, 0.6) is 0 Å². The monoisotopic (exact) mass is 130 g/mol. The topological polar surface area (TPSA) is 37.3 Å². The van der Waals surface area contributed by atoms with Crippen LogP contribution in [0.25, 0.3) is 0 Å². The van der Waals surface area contributed by atoms with Crippen molar-refractivity contribution in [2.45, 2.75) is 20.8 Å². The van der Waals surface area contributed by atoms with Crippen molar-refractivity contribution in [2.75, 3.05) is 6.61 Å². The maximum atomic E-state index is 10.7. The molecule has 0 aliphatic rings. The van der Waals surface area contributed by atoms with E-state index in [2.05, 4.69) is 0 Å². The predicted molar refractivity (Wildman–Crippen MR) is 36.1 cm³/mol. The summed E-state index contributed by atoms with van der Waals surface area (Å²) in [6.45, 7) is 5.46. The molecule has 54 valence electrons. The lowest BCUT2D eigenvalue weighted by molar-refractivity contribution is -0.126. The van der Waals surface area contributed by atoms with Gasteiger partial charge in [-0.15, -0.1) is 0 Å². The molecule has 0 spiro atoms. The molecule has 1 unspecified atom stereocenters. The summed E-state index contributed by atoms with van der Waals surface area (Å²) in [5.74, 6) is 0.268. The summed E-state index contributed by atoms with van der Waals surface area (Å²) < 4.78 is 0. The van der Waals surface area contributed by atoms with E-state index >= 15 is 0 Å². The molecule has 0 bridgehead atoms. The Balaban J connectivity index is 3.72. The molecular formula is C7H14O2. The van der Waals surface area contributed by atoms with Crippen LogP contribution < -0.4 is 0 Å². The number of ketones is 1. The molecule has 0 saturated carbocycles. The Morgan fingerprint density at radius 2 is 1.89 bits per heavy atom. The van der Waals surface area contributed by atoms with Gasteiger partial charge in [0.15, 0.2) is 5.78 Å². The van der Waals surface area contributed by atoms with Crippen LogP contribution in [0, 0.1) is 11.8 Å². The fourth-order valence-corrected chi connectivity index (χ4v) is 0.516. The Morgan fingerprint density at radius 1 is 1.44 bits per heavy atom. The van der Waals surface area contributed by atoms with Crippen molar-refractivity contribution in [3.05, 3.63) is 0 Å². The van der Waals surface area contributed by atoms with Gasteiger partial charge >= 0.3 is 0 Å². The highest BCUT2D eigenvalue weighted by molar-refractivity contribution is 5.81. The molecule has 1 atom stereocenters. The van der Waals surface area contributed by atoms with Gasteiger partial charge in [-0.25, -0.2) is 0 Å². The third-order valence-electron chi connectivity index (χ3n) is 1.66. The van der Waals surface area contributed by atoms with Crippen molar-refractivity contribution in [3.63, 3.8) is 0 Å². The second-order valence-electron chi connectivity index (χ2n) is 2.66. The number of hydrogen-bond donors (Lipinski definition) is 1. The number of rotatable bonds is 3. The predicted octanol–water partition coefficient (Wildman–Crippen LogP) is 0.840. The average Bonchev–Trinajstić information content (AvgIpc) is 1.84. The maximum Gasteiger partial charge on any atom is 0.161 e. The van der Waals surface area contributed by atoms with E-state index < -0.39 is 0 Å². The third-order valence-corrected chi connectivity index (χ3v) is 1.66. The Kier molecular flexibility index (Phi) is 3.47. The summed E-state index contributed by atoms with van der Waals surface area (Å²) in [5.41, 5.74) is 0. The van der Waals surface area contributed by atoms with Gasteiger partial charge in [-0.3, -0.25) is 4.79 Å². The smallest absolute Gasteiger partial charge is 0.161 e. The number of carbonyl (C=O) groups excluding carboxylic acids is 1. The van der Waals surface area contributed by atoms with Gasteiger partial charge in [0.05, 0.1) is 0 Å². The zero-order chi connectivity index (χ0) is 7.44. The minimum absolute atomic E-state index is 0.00463. The largest absolute Gasteiger partial charge is 0.389 e. The Labute approximate surface area is 55.9 Å². The fourth-order valence-electron chi connectivity index (χ4n) is 0.516. The van der Waals surface area contributed by atoms with E-state index in [1.54, 1.807) is 0 Å². The van der Waals surface area contributed by atoms with Crippen LogP contribution in [0.4, 0.5) is 0 Å². The van der Waals surface area contributed by atoms with Gasteiger partial charge in [0, 0.05) is 5.92 Å². The molecule has 0 aromatic carbocycles. The number of aliphatic hydroxyl groups is 1. The number of carbonyl (C=O) groups is 1. The first-order valence-electron chi connectivity index (χ1n) is 3.23. The summed E-state index contributed by atoms with van der Waals surface area (Å²) >= 11 is 0. The van der Waals surface area contributed by atoms with Crippen molar-refractivity contribution in [2.24, 2.45) is 11.8 Å². The lowest BCUT2D eigenvalue weighted by Crippen LogP contribution is -2.19. The molecule has 0 aromatic rings. The molecule has 9 heavy (non-hydrogen) atoms. The van der Waals surface area contributed by atoms with Crippen LogP contribution in [0.3, 0.4) is 0 Å². The number of aliphatic hydroxyl groups excluding tert-OH is 1. The van der Waals surface area contributed by atoms with Crippen molar-refractivity contribution in [1.29, 1.82) is 0 Å². The molecule has 1 N–H and O–H groups in total. The summed E-state index contributed by atoms with van der Waals surface area (Å²) in [7, 11) is 0. The Bertz CT molecular complexity index is 97.1. The van der Waals surface area contributed by atoms with Gasteiger partial charge in [-0.2, -0.15) is 0 Å². The van der Waals surface area contributed by atoms with Crippen LogP contribution in [0.1, 0.15) is 20.8 Å². The van der Waals surface area contributed by atoms with Crippen molar-refractivity contribution in [1.82, 2.24) is 0 Å². The number of hydrogen-bond acceptors (Lipinski definition) is 2. The summed E-state index contributed by atoms with van der Waals surface area (Å²) in [6, 6.07) is 0. The standard InChI is InChI=1S/C7H14O2/c1-5(2)6(3)7(9)4-8/h5-6,8H,4H2,1-3H3. The van der Waals surface area contributed by atoms with E-state index in [0.717, 1.165) is 0 Å². The van der Waals surface area contributed by atoms with Crippen molar-refractivity contribution >= 4 is 5.78 Å². The second kappa shape index (κ2) is 3.62. The first kappa shape index (κ1) is 8.63. The summed E-state index contributed by atoms with van der Waals surface area (Å²) in [4.78, 5) is 10.7. The Hall–Kier alpha value is -0.370. The van der Waals surface area contributed by atoms with E-state index in [1.807, 2.05) is 20.8 Å². The van der Waals surface area contributed by atoms with Gasteiger partial charge in [-0.1, -0.05) is 20.8 Å². The van der Waals surface area contributed by atoms with E-state index in [0.29, 0.717) is 5.92 Å². The van der Waals surface area contributed by atoms with Crippen LogP contribution in [-0.4, -0.2) is 17.5 Å². The molecule has 0 rings (SSSR count). The van der Waals surface area contributed by atoms with Gasteiger partial charge in [0.2, 0.25) is 0 Å². The molecule has 0 saturated heterocycles. The molecule has 0 heterocycles. The van der Waals surface area contributed by atoms with Crippen molar-refractivity contribution < 1.29 is 9.90 Å². The van der Waals surface area contributed by atoms with Gasteiger partial charge in [-0.05, 0) is 5.92 Å². The third kappa shape index (κ3) is 2.61. The van der Waals surface area contributed by atoms with Crippen molar-refractivity contribution in [3.8, 4) is 0 Å². The molecule has 0 aliphatic heterocycles. The van der Waals surface area contributed by atoms with Gasteiger partial charge < -0.3 is 5.11 Å². The van der Waals surface area contributed by atoms with E-state index in [9.17, 15) is 4.79 Å². The summed E-state index contributed by atoms with van der Waals surface area (Å²) in [5, 5.41) is 8.40. The SMILES string of the molecule is CC(C)C(C)C(=O)CO. The molecular weight excluding hydrogens is 116 g/mol. The first-order chi connectivity index (χ1) is 4.09. The lowest BCUT2D eigenvalue weighted by atomic mass is 9.94. The van der Waals surface area contributed by atoms with E-state index in [-0.39, 0.29) is 18.3 Å². The molecule has 2 heteroatoms. The van der Waals surface area contributed by atoms with Crippen LogP contribution in [0.15, 0.2) is 0 Å². The van der Waals surface area contributed by atoms with E-state index in [4.69, 9.17) is 5.11 Å². The summed E-state index contributed by atoms with van der Waals surface area (Å²) in [6.07, 6.45) is 0. The second-order valence-corrected chi connectivity index (χ2v) is 2.66. The van der Waals surface area contributed by atoms with Crippen LogP contribution in [0.2, 0.25) is 0 Å².